The van der Waals surface area contributed by atoms with Crippen molar-refractivity contribution in [3.63, 3.8) is 0 Å². The summed E-state index contributed by atoms with van der Waals surface area (Å²) in [5, 5.41) is 0. The molecule has 0 heterocycles. The second-order valence-corrected chi connectivity index (χ2v) is 3.38. The first-order valence-electron chi connectivity index (χ1n) is 4.16. The number of esters is 2. The molecule has 0 saturated carbocycles. The number of carbonyl (C=O) groups excluding carboxylic acids is 3. The fourth-order valence-electron chi connectivity index (χ4n) is 0.495. The molecule has 0 rings (SSSR count). The van der Waals surface area contributed by atoms with Crippen LogP contribution in [0.5, 0.6) is 0 Å². The highest BCUT2D eigenvalue weighted by Gasteiger charge is 2.23. The van der Waals surface area contributed by atoms with Crippen LogP contribution in [-0.2, 0) is 19.1 Å². The summed E-state index contributed by atoms with van der Waals surface area (Å²) in [5.74, 6) is -3.24. The topological polar surface area (TPSA) is 60.4 Å². The van der Waals surface area contributed by atoms with Gasteiger partial charge in [0.1, 0.15) is 0 Å². The van der Waals surface area contributed by atoms with Crippen LogP contribution in [0.2, 0.25) is 0 Å². The minimum atomic E-state index is -1.06. The molecule has 0 aromatic carbocycles. The molecule has 74 valence electrons. The van der Waals surface area contributed by atoms with Gasteiger partial charge in [0.2, 0.25) is 5.78 Å². The minimum Gasteiger partial charge on any atom is -0.387 e. The number of hydrogen-bond donors (Lipinski definition) is 0. The van der Waals surface area contributed by atoms with Crippen LogP contribution < -0.4 is 0 Å². The number of carbonyl (C=O) groups is 3. The van der Waals surface area contributed by atoms with Gasteiger partial charge >= 0.3 is 11.9 Å². The van der Waals surface area contributed by atoms with E-state index >= 15 is 0 Å². The van der Waals surface area contributed by atoms with Gasteiger partial charge in [-0.2, -0.15) is 0 Å². The van der Waals surface area contributed by atoms with Crippen molar-refractivity contribution >= 4 is 17.7 Å². The molecule has 4 heteroatoms. The van der Waals surface area contributed by atoms with E-state index in [9.17, 15) is 14.4 Å². The Morgan fingerprint density at radius 2 is 1.38 bits per heavy atom. The molecule has 0 aromatic heterocycles. The third-order valence-corrected chi connectivity index (χ3v) is 1.39. The summed E-state index contributed by atoms with van der Waals surface area (Å²) in [6.45, 7) is 6.33. The highest BCUT2D eigenvalue weighted by atomic mass is 16.6. The van der Waals surface area contributed by atoms with Crippen LogP contribution >= 0.6 is 0 Å². The van der Waals surface area contributed by atoms with E-state index in [1.54, 1.807) is 27.7 Å². The number of hydrogen-bond acceptors (Lipinski definition) is 4. The highest BCUT2D eigenvalue weighted by molar-refractivity contribution is 6.35. The standard InChI is InChI=1S/C9H14O4/c1-5(2)7(10)9(12)13-8(11)6(3)4/h5-6H,1-4H3. The fourth-order valence-corrected chi connectivity index (χ4v) is 0.495. The lowest BCUT2D eigenvalue weighted by atomic mass is 10.1. The van der Waals surface area contributed by atoms with E-state index < -0.39 is 29.6 Å². The summed E-state index contributed by atoms with van der Waals surface area (Å²) in [5.41, 5.74) is 0. The zero-order valence-electron chi connectivity index (χ0n) is 8.29. The van der Waals surface area contributed by atoms with E-state index in [-0.39, 0.29) is 0 Å². The van der Waals surface area contributed by atoms with Crippen LogP contribution in [0.3, 0.4) is 0 Å². The van der Waals surface area contributed by atoms with Crippen LogP contribution in [0.15, 0.2) is 0 Å². The van der Waals surface area contributed by atoms with Crippen molar-refractivity contribution < 1.29 is 19.1 Å². The maximum absolute atomic E-state index is 11.0. The Labute approximate surface area is 77.3 Å². The van der Waals surface area contributed by atoms with Crippen molar-refractivity contribution in [1.29, 1.82) is 0 Å². The fraction of sp³-hybridized carbons (Fsp3) is 0.667. The van der Waals surface area contributed by atoms with E-state index in [0.29, 0.717) is 0 Å². The van der Waals surface area contributed by atoms with Crippen molar-refractivity contribution in [2.45, 2.75) is 27.7 Å². The summed E-state index contributed by atoms with van der Waals surface area (Å²) >= 11 is 0. The first-order chi connectivity index (χ1) is 5.86. The largest absolute Gasteiger partial charge is 0.387 e. The minimum absolute atomic E-state index is 0.399. The Balaban J connectivity index is 4.17. The zero-order chi connectivity index (χ0) is 10.6. The summed E-state index contributed by atoms with van der Waals surface area (Å²) in [4.78, 5) is 32.8. The van der Waals surface area contributed by atoms with Gasteiger partial charge in [-0.1, -0.05) is 27.7 Å². The lowest BCUT2D eigenvalue weighted by Gasteiger charge is -2.05. The molecule has 0 amide bonds. The van der Waals surface area contributed by atoms with E-state index in [0.717, 1.165) is 0 Å². The van der Waals surface area contributed by atoms with E-state index in [1.807, 2.05) is 0 Å². The molecule has 0 aliphatic heterocycles. The summed E-state index contributed by atoms with van der Waals surface area (Å²) in [6.07, 6.45) is 0. The molecule has 0 fully saturated rings. The Hall–Kier alpha value is -1.19. The Bertz CT molecular complexity index is 228. The first-order valence-corrected chi connectivity index (χ1v) is 4.16. The summed E-state index contributed by atoms with van der Waals surface area (Å²) in [6, 6.07) is 0. The average Bonchev–Trinajstić information content (AvgIpc) is 2.02. The smallest absolute Gasteiger partial charge is 0.382 e. The normalized spacial score (nSPS) is 10.3. The van der Waals surface area contributed by atoms with Gasteiger partial charge in [0.05, 0.1) is 5.92 Å². The van der Waals surface area contributed by atoms with E-state index in [1.165, 1.54) is 0 Å². The maximum Gasteiger partial charge on any atom is 0.382 e. The van der Waals surface area contributed by atoms with Crippen molar-refractivity contribution in [1.82, 2.24) is 0 Å². The SMILES string of the molecule is CC(C)C(=O)OC(=O)C(=O)C(C)C. The summed E-state index contributed by atoms with van der Waals surface area (Å²) < 4.78 is 4.31. The molecule has 0 aliphatic rings. The van der Waals surface area contributed by atoms with Crippen LogP contribution in [0, 0.1) is 11.8 Å². The Morgan fingerprint density at radius 1 is 0.923 bits per heavy atom. The van der Waals surface area contributed by atoms with Crippen molar-refractivity contribution in [3.05, 3.63) is 0 Å². The number of ether oxygens (including phenoxy) is 1. The Kier molecular flexibility index (Phi) is 4.31. The number of ketones is 1. The first kappa shape index (κ1) is 11.8. The number of Topliss-reactive ketones (excluding diaryl/α,β-unsaturated/α-hetero) is 1. The summed E-state index contributed by atoms with van der Waals surface area (Å²) in [7, 11) is 0. The number of rotatable bonds is 3. The zero-order valence-corrected chi connectivity index (χ0v) is 8.29. The van der Waals surface area contributed by atoms with Crippen molar-refractivity contribution in [2.24, 2.45) is 11.8 Å². The molecular formula is C9H14O4. The predicted octanol–water partition coefficient (Wildman–Crippen LogP) is 0.937. The van der Waals surface area contributed by atoms with Gasteiger partial charge in [-0.15, -0.1) is 0 Å². The highest BCUT2D eigenvalue weighted by Crippen LogP contribution is 2.00. The molecule has 0 aromatic rings. The van der Waals surface area contributed by atoms with Gasteiger partial charge in [-0.05, 0) is 0 Å². The maximum atomic E-state index is 11.0. The lowest BCUT2D eigenvalue weighted by molar-refractivity contribution is -0.166. The molecule has 13 heavy (non-hydrogen) atoms. The van der Waals surface area contributed by atoms with Gasteiger partial charge in [-0.3, -0.25) is 9.59 Å². The van der Waals surface area contributed by atoms with Gasteiger partial charge < -0.3 is 4.74 Å². The molecule has 0 N–H and O–H groups in total. The molecule has 0 saturated heterocycles. The van der Waals surface area contributed by atoms with E-state index in [2.05, 4.69) is 4.74 Å². The molecule has 0 bridgehead atoms. The molecule has 4 nitrogen and oxygen atoms in total. The van der Waals surface area contributed by atoms with Crippen molar-refractivity contribution in [3.8, 4) is 0 Å². The molecular weight excluding hydrogens is 172 g/mol. The third kappa shape index (κ3) is 3.83. The van der Waals surface area contributed by atoms with Gasteiger partial charge in [-0.25, -0.2) is 4.79 Å². The van der Waals surface area contributed by atoms with E-state index in [4.69, 9.17) is 0 Å². The quantitative estimate of drug-likeness (QED) is 0.374. The molecule has 0 spiro atoms. The predicted molar refractivity (Wildman–Crippen MR) is 45.8 cm³/mol. The monoisotopic (exact) mass is 186 g/mol. The van der Waals surface area contributed by atoms with Crippen LogP contribution in [0.1, 0.15) is 27.7 Å². The lowest BCUT2D eigenvalue weighted by Crippen LogP contribution is -2.26. The van der Waals surface area contributed by atoms with Gasteiger partial charge in [0.15, 0.2) is 0 Å². The Morgan fingerprint density at radius 3 is 1.69 bits per heavy atom. The van der Waals surface area contributed by atoms with Crippen LogP contribution in [0.25, 0.3) is 0 Å². The molecule has 0 aliphatic carbocycles. The second-order valence-electron chi connectivity index (χ2n) is 3.38. The van der Waals surface area contributed by atoms with Gasteiger partial charge in [0.25, 0.3) is 0 Å². The van der Waals surface area contributed by atoms with Crippen molar-refractivity contribution in [2.75, 3.05) is 0 Å². The van der Waals surface area contributed by atoms with Crippen LogP contribution in [0.4, 0.5) is 0 Å². The van der Waals surface area contributed by atoms with Crippen LogP contribution in [-0.4, -0.2) is 17.7 Å². The molecule has 0 radical (unpaired) electrons. The van der Waals surface area contributed by atoms with Gasteiger partial charge in [0, 0.05) is 5.92 Å². The third-order valence-electron chi connectivity index (χ3n) is 1.39. The molecule has 0 unspecified atom stereocenters. The average molecular weight is 186 g/mol. The molecule has 0 atom stereocenters. The second kappa shape index (κ2) is 4.74.